The average molecular weight is 841 g/mol. The number of hydrogen-bond donors (Lipinski definition) is 0. The van der Waals surface area contributed by atoms with E-state index in [1.54, 1.807) is 6.07 Å². The van der Waals surface area contributed by atoms with Gasteiger partial charge in [-0.1, -0.05) is 107 Å². The minimum atomic E-state index is -1.53. The Balaban J connectivity index is 1.52. The Morgan fingerprint density at radius 3 is 1.66 bits per heavy atom. The number of carbonyl (C=O) groups is 5. The summed E-state index contributed by atoms with van der Waals surface area (Å²) in [5.41, 5.74) is 5.11. The van der Waals surface area contributed by atoms with Crippen LogP contribution in [0.25, 0.3) is 11.1 Å². The number of benzene rings is 3. The summed E-state index contributed by atoms with van der Waals surface area (Å²) < 4.78 is 34.2. The molecule has 3 aromatic carbocycles. The van der Waals surface area contributed by atoms with Crippen LogP contribution in [0.4, 0.5) is 0 Å². The summed E-state index contributed by atoms with van der Waals surface area (Å²) in [5, 5.41) is 0. The molecule has 1 fully saturated rings. The predicted octanol–water partition coefficient (Wildman–Crippen LogP) is 8.73. The molecular weight excluding hydrogens is 777 g/mol. The van der Waals surface area contributed by atoms with Gasteiger partial charge in [-0.25, -0.2) is 14.4 Å². The average Bonchev–Trinajstić information content (AvgIpc) is 3.24. The fraction of sp³-hybridized carbons (Fsp3) is 0.500. The smallest absolute Gasteiger partial charge is 0.374 e. The van der Waals surface area contributed by atoms with E-state index < -0.39 is 54.7 Å². The van der Waals surface area contributed by atoms with Crippen LogP contribution in [0.15, 0.2) is 78.9 Å². The van der Waals surface area contributed by atoms with Gasteiger partial charge >= 0.3 is 17.9 Å². The molecule has 61 heavy (non-hydrogen) atoms. The number of hydrogen-bond acceptors (Lipinski definition) is 11. The van der Waals surface area contributed by atoms with Crippen LogP contribution in [0.5, 0.6) is 5.75 Å². The Hall–Kier alpha value is -5.13. The molecule has 1 heterocycles. The van der Waals surface area contributed by atoms with Crippen molar-refractivity contribution in [2.24, 2.45) is 10.8 Å². The Morgan fingerprint density at radius 2 is 1.15 bits per heavy atom. The van der Waals surface area contributed by atoms with Crippen LogP contribution in [0, 0.1) is 10.8 Å². The number of unbranched alkanes of at least 4 members (excludes halogenated alkanes) is 5. The highest BCUT2D eigenvalue weighted by molar-refractivity contribution is 6.32. The first-order chi connectivity index (χ1) is 29.3. The molecule has 1 saturated heterocycles. The van der Waals surface area contributed by atoms with E-state index in [0.717, 1.165) is 50.7 Å². The number of ether oxygens (including phenoxy) is 6. The van der Waals surface area contributed by atoms with Crippen LogP contribution < -0.4 is 4.74 Å². The van der Waals surface area contributed by atoms with Gasteiger partial charge in [0.15, 0.2) is 0 Å². The van der Waals surface area contributed by atoms with Crippen molar-refractivity contribution >= 4 is 29.5 Å². The number of rotatable bonds is 28. The highest BCUT2D eigenvalue weighted by Gasteiger charge is 2.39. The first-order valence-electron chi connectivity index (χ1n) is 21.5. The third-order valence-electron chi connectivity index (χ3n) is 11.1. The molecule has 1 aliphatic heterocycles. The van der Waals surface area contributed by atoms with E-state index >= 15 is 0 Å². The number of esters is 3. The van der Waals surface area contributed by atoms with Gasteiger partial charge in [0.25, 0.3) is 0 Å². The highest BCUT2D eigenvalue weighted by atomic mass is 16.6. The summed E-state index contributed by atoms with van der Waals surface area (Å²) in [4.78, 5) is 60.7. The second-order valence-electron chi connectivity index (χ2n) is 16.6. The zero-order valence-corrected chi connectivity index (χ0v) is 36.8. The summed E-state index contributed by atoms with van der Waals surface area (Å²) in [7, 11) is 0. The molecule has 0 atom stereocenters. The molecule has 0 spiro atoms. The number of carbonyl (C=O) groups excluding carboxylic acids is 5. The molecule has 0 N–H and O–H groups in total. The van der Waals surface area contributed by atoms with Crippen LogP contribution >= 0.6 is 0 Å². The molecule has 1 aliphatic rings. The van der Waals surface area contributed by atoms with Gasteiger partial charge in [0.2, 0.25) is 11.6 Å². The number of ketones is 2. The van der Waals surface area contributed by atoms with Crippen LogP contribution in [0.1, 0.15) is 102 Å². The van der Waals surface area contributed by atoms with E-state index in [4.69, 9.17) is 28.4 Å². The summed E-state index contributed by atoms with van der Waals surface area (Å²) >= 11 is 0. The zero-order valence-electron chi connectivity index (χ0n) is 36.8. The van der Waals surface area contributed by atoms with E-state index in [-0.39, 0.29) is 24.2 Å². The second-order valence-corrected chi connectivity index (χ2v) is 16.6. The van der Waals surface area contributed by atoms with Crippen molar-refractivity contribution in [2.75, 3.05) is 46.2 Å². The summed E-state index contributed by atoms with van der Waals surface area (Å²) in [6.07, 6.45) is 11.7. The maximum atomic E-state index is 12.5. The molecule has 11 nitrogen and oxygen atoms in total. The largest absolute Gasteiger partial charge is 0.492 e. The van der Waals surface area contributed by atoms with Gasteiger partial charge in [-0.15, -0.1) is 0 Å². The highest BCUT2D eigenvalue weighted by Crippen LogP contribution is 2.34. The number of aryl methyl sites for hydroxylation is 3. The van der Waals surface area contributed by atoms with Gasteiger partial charge in [0.05, 0.1) is 26.4 Å². The molecular formula is C50H64O11. The normalized spacial score (nSPS) is 13.1. The van der Waals surface area contributed by atoms with E-state index in [1.807, 2.05) is 12.1 Å². The number of Topliss-reactive ketones (excluding diaryl/α,β-unsaturated/α-hetero) is 2. The summed E-state index contributed by atoms with van der Waals surface area (Å²) in [6, 6.07) is 23.3. The van der Waals surface area contributed by atoms with Crippen molar-refractivity contribution in [1.82, 2.24) is 0 Å². The predicted molar refractivity (Wildman–Crippen MR) is 233 cm³/mol. The maximum Gasteiger partial charge on any atom is 0.374 e. The molecule has 0 bridgehead atoms. The van der Waals surface area contributed by atoms with Crippen molar-refractivity contribution in [2.45, 2.75) is 105 Å². The lowest BCUT2D eigenvalue weighted by molar-refractivity contribution is -0.168. The van der Waals surface area contributed by atoms with Crippen LogP contribution in [-0.4, -0.2) is 75.7 Å². The molecule has 0 aromatic heterocycles. The van der Waals surface area contributed by atoms with Gasteiger partial charge in [0.1, 0.15) is 37.6 Å². The Morgan fingerprint density at radius 1 is 0.639 bits per heavy atom. The molecule has 0 saturated carbocycles. The molecule has 330 valence electrons. The summed E-state index contributed by atoms with van der Waals surface area (Å²) in [5.74, 6) is -4.33. The molecule has 4 rings (SSSR count). The third-order valence-corrected chi connectivity index (χ3v) is 11.1. The van der Waals surface area contributed by atoms with Gasteiger partial charge < -0.3 is 28.4 Å². The Labute approximate surface area is 361 Å². The van der Waals surface area contributed by atoms with Gasteiger partial charge in [-0.3, -0.25) is 9.59 Å². The summed E-state index contributed by atoms with van der Waals surface area (Å²) in [6.45, 7) is 11.6. The van der Waals surface area contributed by atoms with Crippen molar-refractivity contribution in [3.63, 3.8) is 0 Å². The standard InChI is InChI=1S/C50H64O11/c1-7-9-10-11-12-13-14-39-15-17-40(18-16-39)19-20-41-21-23-42(24-22-41)43-25-26-45(44(27-43)28-56-29-49(8-2)30-57-31-49)58-32-50(33-59-46(53)36(3)4,34-60-47(54)37(5)51)35-61-48(55)38(6)52/h15-18,21-27H,3,7-14,19-20,28-35H2,1-2,4-6H3. The molecule has 3 aromatic rings. The Kier molecular flexibility index (Phi) is 19.4. The van der Waals surface area contributed by atoms with E-state index in [9.17, 15) is 24.0 Å². The van der Waals surface area contributed by atoms with Crippen molar-refractivity contribution in [1.29, 1.82) is 0 Å². The first-order valence-corrected chi connectivity index (χ1v) is 21.5. The lowest BCUT2D eigenvalue weighted by Crippen LogP contribution is -2.45. The molecule has 0 unspecified atom stereocenters. The topological polar surface area (TPSA) is 141 Å². The third kappa shape index (κ3) is 15.7. The van der Waals surface area contributed by atoms with Crippen molar-refractivity contribution < 1.29 is 52.4 Å². The fourth-order valence-corrected chi connectivity index (χ4v) is 6.77. The fourth-order valence-electron chi connectivity index (χ4n) is 6.77. The van der Waals surface area contributed by atoms with E-state index in [0.29, 0.717) is 31.1 Å². The molecule has 11 heteroatoms. The minimum Gasteiger partial charge on any atom is -0.492 e. The van der Waals surface area contributed by atoms with Crippen LogP contribution in [-0.2, 0) is 73.5 Å². The molecule has 0 aliphatic carbocycles. The van der Waals surface area contributed by atoms with Crippen LogP contribution in [0.3, 0.4) is 0 Å². The van der Waals surface area contributed by atoms with E-state index in [2.05, 4.69) is 69.0 Å². The van der Waals surface area contributed by atoms with Gasteiger partial charge in [0, 0.05) is 30.4 Å². The maximum absolute atomic E-state index is 12.5. The monoisotopic (exact) mass is 840 g/mol. The first kappa shape index (κ1) is 48.5. The molecule has 0 radical (unpaired) electrons. The van der Waals surface area contributed by atoms with Crippen molar-refractivity contribution in [3.05, 3.63) is 101 Å². The zero-order chi connectivity index (χ0) is 44.3. The quantitative estimate of drug-likeness (QED) is 0.0228. The lowest BCUT2D eigenvalue weighted by Gasteiger charge is -2.40. The van der Waals surface area contributed by atoms with Gasteiger partial charge in [-0.2, -0.15) is 0 Å². The van der Waals surface area contributed by atoms with E-state index in [1.165, 1.54) is 62.1 Å². The second kappa shape index (κ2) is 24.3. The molecule has 0 amide bonds. The van der Waals surface area contributed by atoms with Crippen molar-refractivity contribution in [3.8, 4) is 16.9 Å². The SMILES string of the molecule is C=C(C)C(=O)OCC(COC(=O)C(C)=O)(COC(=O)C(C)=O)COc1ccc(-c2ccc(CCc3ccc(CCCCCCCC)cc3)cc2)cc1COCC1(CC)COC1. The lowest BCUT2D eigenvalue weighted by atomic mass is 9.84. The minimum absolute atomic E-state index is 0.0620. The Bertz CT molecular complexity index is 1850. The van der Waals surface area contributed by atoms with Gasteiger partial charge in [-0.05, 0) is 79.0 Å². The van der Waals surface area contributed by atoms with Crippen LogP contribution in [0.2, 0.25) is 0 Å².